The minimum absolute atomic E-state index is 0. The Morgan fingerprint density at radius 2 is 1.95 bits per heavy atom. The monoisotopic (exact) mass is 348 g/mol. The van der Waals surface area contributed by atoms with Gasteiger partial charge in [-0.3, -0.25) is 4.98 Å². The maximum atomic E-state index is 6.23. The molecular weight excluding hydrogens is 331 g/mol. The molecule has 2 heterocycles. The first kappa shape index (κ1) is 19.6. The highest BCUT2D eigenvalue weighted by atomic mass is 35.5. The van der Waals surface area contributed by atoms with Crippen molar-refractivity contribution >= 4 is 47.2 Å². The van der Waals surface area contributed by atoms with Crippen molar-refractivity contribution in [1.82, 2.24) is 9.97 Å². The van der Waals surface area contributed by atoms with E-state index in [0.717, 1.165) is 21.8 Å². The van der Waals surface area contributed by atoms with Crippen molar-refractivity contribution in [2.45, 2.75) is 19.9 Å². The van der Waals surface area contributed by atoms with Gasteiger partial charge in [0.15, 0.2) is 5.96 Å². The first-order valence-corrected chi connectivity index (χ1v) is 6.54. The Kier molecular flexibility index (Phi) is 7.59. The van der Waals surface area contributed by atoms with E-state index in [1.54, 1.807) is 6.20 Å². The largest absolute Gasteiger partial charge is 0.370 e. The number of guanidine groups is 1. The molecule has 6 nitrogen and oxygen atoms in total. The second-order valence-corrected chi connectivity index (χ2v) is 5.23. The molecular formula is C12H18Cl2N6S. The maximum absolute atomic E-state index is 6.23. The summed E-state index contributed by atoms with van der Waals surface area (Å²) in [6, 6.07) is 3.57. The van der Waals surface area contributed by atoms with Crippen LogP contribution in [-0.2, 0) is 0 Å². The quantitative estimate of drug-likeness (QED) is 0.578. The van der Waals surface area contributed by atoms with Crippen molar-refractivity contribution in [2.24, 2.45) is 22.2 Å². The van der Waals surface area contributed by atoms with Gasteiger partial charge >= 0.3 is 0 Å². The van der Waals surface area contributed by atoms with Gasteiger partial charge in [-0.2, -0.15) is 4.99 Å². The molecule has 0 spiro atoms. The van der Waals surface area contributed by atoms with Crippen LogP contribution in [0.1, 0.15) is 27.9 Å². The molecule has 0 aliphatic rings. The zero-order chi connectivity index (χ0) is 14.0. The van der Waals surface area contributed by atoms with Crippen LogP contribution in [0.4, 0.5) is 5.13 Å². The highest BCUT2D eigenvalue weighted by Gasteiger charge is 2.17. The summed E-state index contributed by atoms with van der Waals surface area (Å²) < 4.78 is 0. The number of hydrogen-bond donors (Lipinski definition) is 3. The number of aliphatic imine (C=N–C) groups is 1. The zero-order valence-electron chi connectivity index (χ0n) is 11.6. The number of nitrogens with zero attached hydrogens (tertiary/aromatic N) is 3. The van der Waals surface area contributed by atoms with Crippen LogP contribution in [0.25, 0.3) is 0 Å². The first-order chi connectivity index (χ1) is 8.97. The fourth-order valence-corrected chi connectivity index (χ4v) is 2.68. The highest BCUT2D eigenvalue weighted by Crippen LogP contribution is 2.31. The maximum Gasteiger partial charge on any atom is 0.212 e. The molecule has 0 saturated heterocycles. The van der Waals surface area contributed by atoms with Gasteiger partial charge in [0.2, 0.25) is 5.13 Å². The summed E-state index contributed by atoms with van der Waals surface area (Å²) in [7, 11) is 0. The Labute approximate surface area is 139 Å². The van der Waals surface area contributed by atoms with E-state index in [-0.39, 0.29) is 36.8 Å². The van der Waals surface area contributed by atoms with E-state index in [4.69, 9.17) is 17.2 Å². The number of rotatable bonds is 3. The number of aromatic nitrogens is 2. The molecule has 2 rings (SSSR count). The van der Waals surface area contributed by atoms with Crippen LogP contribution in [0.5, 0.6) is 0 Å². The summed E-state index contributed by atoms with van der Waals surface area (Å²) in [4.78, 5) is 13.4. The molecule has 0 aromatic carbocycles. The molecule has 2 aromatic heterocycles. The SMILES string of the molecule is Cc1ccnc(C(N)c2sc(N=C(N)N)nc2C)c1.Cl.Cl. The van der Waals surface area contributed by atoms with Crippen molar-refractivity contribution in [3.63, 3.8) is 0 Å². The molecule has 21 heavy (non-hydrogen) atoms. The molecule has 6 N–H and O–H groups in total. The van der Waals surface area contributed by atoms with Crippen LogP contribution in [0.15, 0.2) is 23.3 Å². The molecule has 0 bridgehead atoms. The third-order valence-electron chi connectivity index (χ3n) is 2.58. The van der Waals surface area contributed by atoms with Gasteiger partial charge in [-0.1, -0.05) is 11.3 Å². The summed E-state index contributed by atoms with van der Waals surface area (Å²) in [6.07, 6.45) is 1.75. The van der Waals surface area contributed by atoms with Crippen molar-refractivity contribution in [3.05, 3.63) is 40.2 Å². The minimum atomic E-state index is -0.319. The molecule has 1 unspecified atom stereocenters. The lowest BCUT2D eigenvalue weighted by atomic mass is 10.1. The fraction of sp³-hybridized carbons (Fsp3) is 0.250. The third-order valence-corrected chi connectivity index (χ3v) is 3.72. The van der Waals surface area contributed by atoms with E-state index in [1.165, 1.54) is 11.3 Å². The zero-order valence-corrected chi connectivity index (χ0v) is 14.1. The molecule has 9 heteroatoms. The van der Waals surface area contributed by atoms with Gasteiger partial charge in [0.05, 0.1) is 22.3 Å². The van der Waals surface area contributed by atoms with Crippen LogP contribution in [-0.4, -0.2) is 15.9 Å². The Bertz CT molecular complexity index is 624. The van der Waals surface area contributed by atoms with Crippen LogP contribution < -0.4 is 17.2 Å². The molecule has 0 aliphatic carbocycles. The fourth-order valence-electron chi connectivity index (χ4n) is 1.70. The van der Waals surface area contributed by atoms with Crippen molar-refractivity contribution in [3.8, 4) is 0 Å². The van der Waals surface area contributed by atoms with Crippen LogP contribution >= 0.6 is 36.2 Å². The number of aryl methyl sites for hydroxylation is 2. The number of thiazole rings is 1. The molecule has 0 fully saturated rings. The van der Waals surface area contributed by atoms with E-state index >= 15 is 0 Å². The van der Waals surface area contributed by atoms with Gasteiger partial charge in [-0.25, -0.2) is 4.98 Å². The molecule has 0 radical (unpaired) electrons. The summed E-state index contributed by atoms with van der Waals surface area (Å²) in [6.45, 7) is 3.88. The Morgan fingerprint density at radius 3 is 2.52 bits per heavy atom. The predicted octanol–water partition coefficient (Wildman–Crippen LogP) is 1.95. The van der Waals surface area contributed by atoms with E-state index in [0.29, 0.717) is 5.13 Å². The normalized spacial score (nSPS) is 11.0. The minimum Gasteiger partial charge on any atom is -0.370 e. The van der Waals surface area contributed by atoms with Crippen LogP contribution in [0.2, 0.25) is 0 Å². The number of halogens is 2. The van der Waals surface area contributed by atoms with Crippen LogP contribution in [0, 0.1) is 13.8 Å². The second-order valence-electron chi connectivity index (χ2n) is 4.22. The summed E-state index contributed by atoms with van der Waals surface area (Å²) in [5.74, 6) is -0.0115. The average molecular weight is 349 g/mol. The van der Waals surface area contributed by atoms with Crippen LogP contribution in [0.3, 0.4) is 0 Å². The molecule has 0 aliphatic heterocycles. The number of nitrogens with two attached hydrogens (primary N) is 3. The Hall–Kier alpha value is -1.41. The lowest BCUT2D eigenvalue weighted by molar-refractivity contribution is 0.832. The summed E-state index contributed by atoms with van der Waals surface area (Å²) in [5, 5.41) is 0.510. The lowest BCUT2D eigenvalue weighted by Crippen LogP contribution is -2.21. The Balaban J connectivity index is 0.00000200. The first-order valence-electron chi connectivity index (χ1n) is 5.72. The van der Waals surface area contributed by atoms with E-state index < -0.39 is 0 Å². The molecule has 2 aromatic rings. The second kappa shape index (κ2) is 8.14. The van der Waals surface area contributed by atoms with Crippen molar-refractivity contribution in [1.29, 1.82) is 0 Å². The summed E-state index contributed by atoms with van der Waals surface area (Å²) in [5.41, 5.74) is 19.7. The van der Waals surface area contributed by atoms with E-state index in [2.05, 4.69) is 15.0 Å². The topological polar surface area (TPSA) is 116 Å². The lowest BCUT2D eigenvalue weighted by Gasteiger charge is -2.09. The molecule has 0 amide bonds. The van der Waals surface area contributed by atoms with Crippen molar-refractivity contribution < 1.29 is 0 Å². The van der Waals surface area contributed by atoms with E-state index in [9.17, 15) is 0 Å². The third kappa shape index (κ3) is 4.82. The highest BCUT2D eigenvalue weighted by molar-refractivity contribution is 7.15. The average Bonchev–Trinajstić information content (AvgIpc) is 2.68. The Morgan fingerprint density at radius 1 is 1.29 bits per heavy atom. The summed E-state index contributed by atoms with van der Waals surface area (Å²) >= 11 is 1.37. The standard InChI is InChI=1S/C12H16N6S.2ClH/c1-6-3-4-16-8(5-6)9(13)10-7(2)17-12(19-10)18-11(14)15;;/h3-5,9H,13H2,1-2H3,(H4,14,15,17,18);2*1H. The van der Waals surface area contributed by atoms with Gasteiger partial charge in [0, 0.05) is 6.20 Å². The van der Waals surface area contributed by atoms with Crippen molar-refractivity contribution in [2.75, 3.05) is 0 Å². The smallest absolute Gasteiger partial charge is 0.212 e. The number of hydrogen-bond acceptors (Lipinski definition) is 5. The van der Waals surface area contributed by atoms with Gasteiger partial charge in [-0.15, -0.1) is 24.8 Å². The van der Waals surface area contributed by atoms with Gasteiger partial charge in [-0.05, 0) is 31.5 Å². The van der Waals surface area contributed by atoms with E-state index in [1.807, 2.05) is 26.0 Å². The van der Waals surface area contributed by atoms with Gasteiger partial charge in [0.25, 0.3) is 0 Å². The van der Waals surface area contributed by atoms with Gasteiger partial charge in [0.1, 0.15) is 0 Å². The molecule has 1 atom stereocenters. The molecule has 0 saturated carbocycles. The molecule has 116 valence electrons. The predicted molar refractivity (Wildman–Crippen MR) is 91.8 cm³/mol. The number of pyridine rings is 1. The van der Waals surface area contributed by atoms with Gasteiger partial charge < -0.3 is 17.2 Å².